The van der Waals surface area contributed by atoms with Crippen LogP contribution in [-0.4, -0.2) is 20.1 Å². The molecule has 6 heteroatoms. The van der Waals surface area contributed by atoms with Crippen LogP contribution in [0.5, 0.6) is 0 Å². The molecular weight excluding hydrogens is 220 g/mol. The fourth-order valence-electron chi connectivity index (χ4n) is 1.45. The van der Waals surface area contributed by atoms with Crippen molar-refractivity contribution in [2.45, 2.75) is 6.92 Å². The van der Waals surface area contributed by atoms with E-state index in [0.717, 1.165) is 5.56 Å². The van der Waals surface area contributed by atoms with E-state index in [4.69, 9.17) is 8.94 Å². The summed E-state index contributed by atoms with van der Waals surface area (Å²) in [4.78, 5) is 12.2. The lowest BCUT2D eigenvalue weighted by Gasteiger charge is -1.95. The van der Waals surface area contributed by atoms with Crippen LogP contribution in [-0.2, 0) is 0 Å². The second kappa shape index (κ2) is 3.82. The molecule has 17 heavy (non-hydrogen) atoms. The molecule has 0 aliphatic heterocycles. The fraction of sp³-hybridized carbons (Fsp3) is 0.0909. The molecule has 0 N–H and O–H groups in total. The molecule has 0 unspecified atom stereocenters. The van der Waals surface area contributed by atoms with E-state index in [1.807, 2.05) is 6.92 Å². The first-order valence-corrected chi connectivity index (χ1v) is 4.99. The van der Waals surface area contributed by atoms with E-state index in [2.05, 4.69) is 20.1 Å². The quantitative estimate of drug-likeness (QED) is 0.668. The first-order chi connectivity index (χ1) is 8.34. The number of hydrogen-bond donors (Lipinski definition) is 0. The first-order valence-electron chi connectivity index (χ1n) is 4.99. The molecule has 0 aliphatic rings. The summed E-state index contributed by atoms with van der Waals surface area (Å²) in [5.74, 6) is 1.30. The Morgan fingerprint density at radius 3 is 3.00 bits per heavy atom. The van der Waals surface area contributed by atoms with Crippen molar-refractivity contribution in [3.8, 4) is 23.2 Å². The topological polar surface area (TPSA) is 77.8 Å². The fourth-order valence-corrected chi connectivity index (χ4v) is 1.45. The smallest absolute Gasteiger partial charge is 0.293 e. The average molecular weight is 228 g/mol. The standard InChI is InChI=1S/C11H8N4O2/c1-7-5-12-6-13-9(7)10-14-11(17-15-10)8-3-2-4-16-8/h2-6H,1H3. The predicted octanol–water partition coefficient (Wildman–Crippen LogP) is 2.10. The van der Waals surface area contributed by atoms with Crippen molar-refractivity contribution in [1.29, 1.82) is 0 Å². The lowest BCUT2D eigenvalue weighted by Crippen LogP contribution is -1.90. The molecule has 0 fully saturated rings. The normalized spacial score (nSPS) is 10.6. The summed E-state index contributed by atoms with van der Waals surface area (Å²) in [6, 6.07) is 3.51. The molecule has 0 spiro atoms. The minimum absolute atomic E-state index is 0.336. The zero-order valence-electron chi connectivity index (χ0n) is 8.99. The Hall–Kier alpha value is -2.50. The van der Waals surface area contributed by atoms with Crippen LogP contribution >= 0.6 is 0 Å². The summed E-state index contributed by atoms with van der Waals surface area (Å²) >= 11 is 0. The third kappa shape index (κ3) is 1.69. The Balaban J connectivity index is 2.04. The minimum Gasteiger partial charge on any atom is -0.459 e. The second-order valence-electron chi connectivity index (χ2n) is 3.45. The third-order valence-corrected chi connectivity index (χ3v) is 2.26. The van der Waals surface area contributed by atoms with Crippen LogP contribution in [0.15, 0.2) is 39.9 Å². The van der Waals surface area contributed by atoms with Crippen LogP contribution in [0.2, 0.25) is 0 Å². The van der Waals surface area contributed by atoms with Crippen molar-refractivity contribution in [3.05, 3.63) is 36.5 Å². The van der Waals surface area contributed by atoms with Gasteiger partial charge in [-0.3, -0.25) is 0 Å². The van der Waals surface area contributed by atoms with Crippen molar-refractivity contribution >= 4 is 0 Å². The summed E-state index contributed by atoms with van der Waals surface area (Å²) < 4.78 is 10.3. The van der Waals surface area contributed by atoms with Crippen LogP contribution in [0.3, 0.4) is 0 Å². The SMILES string of the molecule is Cc1cncnc1-c1noc(-c2ccco2)n1. The number of hydrogen-bond acceptors (Lipinski definition) is 6. The van der Waals surface area contributed by atoms with E-state index >= 15 is 0 Å². The van der Waals surface area contributed by atoms with Gasteiger partial charge in [-0.25, -0.2) is 9.97 Å². The molecule has 6 nitrogen and oxygen atoms in total. The maximum absolute atomic E-state index is 5.17. The number of rotatable bonds is 2. The number of nitrogens with zero attached hydrogens (tertiary/aromatic N) is 4. The molecule has 3 rings (SSSR count). The molecule has 0 atom stereocenters. The highest BCUT2D eigenvalue weighted by Gasteiger charge is 2.14. The molecule has 0 amide bonds. The molecule has 3 aromatic heterocycles. The van der Waals surface area contributed by atoms with Gasteiger partial charge in [-0.1, -0.05) is 5.16 Å². The van der Waals surface area contributed by atoms with Gasteiger partial charge in [0.25, 0.3) is 5.89 Å². The molecule has 0 bridgehead atoms. The van der Waals surface area contributed by atoms with Crippen LogP contribution in [0.25, 0.3) is 23.2 Å². The maximum Gasteiger partial charge on any atom is 0.293 e. The molecular formula is C11H8N4O2. The lowest BCUT2D eigenvalue weighted by molar-refractivity contribution is 0.416. The largest absolute Gasteiger partial charge is 0.459 e. The van der Waals surface area contributed by atoms with Gasteiger partial charge in [0.15, 0.2) is 5.76 Å². The third-order valence-electron chi connectivity index (χ3n) is 2.26. The van der Waals surface area contributed by atoms with Crippen LogP contribution in [0, 0.1) is 6.92 Å². The summed E-state index contributed by atoms with van der Waals surface area (Å²) in [6.07, 6.45) is 4.70. The highest BCUT2D eigenvalue weighted by atomic mass is 16.5. The zero-order valence-corrected chi connectivity index (χ0v) is 8.99. The summed E-state index contributed by atoms with van der Waals surface area (Å²) in [5.41, 5.74) is 1.54. The van der Waals surface area contributed by atoms with Crippen LogP contribution in [0.4, 0.5) is 0 Å². The van der Waals surface area contributed by atoms with Gasteiger partial charge in [-0.05, 0) is 24.6 Å². The Morgan fingerprint density at radius 1 is 1.29 bits per heavy atom. The van der Waals surface area contributed by atoms with Gasteiger partial charge in [-0.2, -0.15) is 4.98 Å². The number of aromatic nitrogens is 4. The molecule has 3 heterocycles. The Bertz CT molecular complexity index is 630. The monoisotopic (exact) mass is 228 g/mol. The summed E-state index contributed by atoms with van der Waals surface area (Å²) in [6.45, 7) is 1.89. The van der Waals surface area contributed by atoms with E-state index in [-0.39, 0.29) is 0 Å². The molecule has 0 aromatic carbocycles. The van der Waals surface area contributed by atoms with Crippen molar-refractivity contribution < 1.29 is 8.94 Å². The molecule has 0 aliphatic carbocycles. The highest BCUT2D eigenvalue weighted by Crippen LogP contribution is 2.22. The molecule has 3 aromatic rings. The predicted molar refractivity (Wildman–Crippen MR) is 57.8 cm³/mol. The molecule has 84 valence electrons. The van der Waals surface area contributed by atoms with E-state index in [0.29, 0.717) is 23.2 Å². The minimum atomic E-state index is 0.336. The average Bonchev–Trinajstić information content (AvgIpc) is 3.00. The van der Waals surface area contributed by atoms with Gasteiger partial charge in [0.1, 0.15) is 12.0 Å². The Kier molecular flexibility index (Phi) is 2.18. The highest BCUT2D eigenvalue weighted by molar-refractivity contribution is 5.55. The van der Waals surface area contributed by atoms with Gasteiger partial charge < -0.3 is 8.94 Å². The van der Waals surface area contributed by atoms with Gasteiger partial charge in [0.2, 0.25) is 5.82 Å². The van der Waals surface area contributed by atoms with E-state index in [1.165, 1.54) is 6.33 Å². The maximum atomic E-state index is 5.17. The Labute approximate surface area is 96.3 Å². The molecule has 0 radical (unpaired) electrons. The van der Waals surface area contributed by atoms with E-state index in [9.17, 15) is 0 Å². The van der Waals surface area contributed by atoms with Crippen molar-refractivity contribution in [2.24, 2.45) is 0 Å². The first kappa shape index (κ1) is 9.71. The van der Waals surface area contributed by atoms with Crippen molar-refractivity contribution in [2.75, 3.05) is 0 Å². The van der Waals surface area contributed by atoms with Gasteiger partial charge >= 0.3 is 0 Å². The van der Waals surface area contributed by atoms with Crippen molar-refractivity contribution in [1.82, 2.24) is 20.1 Å². The summed E-state index contributed by atoms with van der Waals surface area (Å²) in [7, 11) is 0. The number of furan rings is 1. The zero-order chi connectivity index (χ0) is 11.7. The lowest BCUT2D eigenvalue weighted by atomic mass is 10.2. The van der Waals surface area contributed by atoms with Crippen molar-refractivity contribution in [3.63, 3.8) is 0 Å². The Morgan fingerprint density at radius 2 is 2.24 bits per heavy atom. The van der Waals surface area contributed by atoms with E-state index < -0.39 is 0 Å². The van der Waals surface area contributed by atoms with Gasteiger partial charge in [0, 0.05) is 6.20 Å². The van der Waals surface area contributed by atoms with Gasteiger partial charge in [0.05, 0.1) is 6.26 Å². The van der Waals surface area contributed by atoms with Crippen LogP contribution in [0.1, 0.15) is 5.56 Å². The molecule has 0 saturated carbocycles. The molecule has 0 saturated heterocycles. The van der Waals surface area contributed by atoms with Gasteiger partial charge in [-0.15, -0.1) is 0 Å². The van der Waals surface area contributed by atoms with Crippen LogP contribution < -0.4 is 0 Å². The number of aryl methyl sites for hydroxylation is 1. The second-order valence-corrected chi connectivity index (χ2v) is 3.45. The summed E-state index contributed by atoms with van der Waals surface area (Å²) in [5, 5.41) is 3.87. The van der Waals surface area contributed by atoms with E-state index in [1.54, 1.807) is 24.6 Å².